The second-order valence-electron chi connectivity index (χ2n) is 4.49. The van der Waals surface area contributed by atoms with E-state index in [9.17, 15) is 4.79 Å². The zero-order chi connectivity index (χ0) is 13.1. The first-order valence-electron chi connectivity index (χ1n) is 6.19. The van der Waals surface area contributed by atoms with Crippen molar-refractivity contribution in [2.45, 2.75) is 6.42 Å². The molecule has 0 radical (unpaired) electrons. The van der Waals surface area contributed by atoms with Gasteiger partial charge in [-0.3, -0.25) is 4.79 Å². The fourth-order valence-electron chi connectivity index (χ4n) is 1.99. The van der Waals surface area contributed by atoms with Crippen LogP contribution in [0, 0.1) is 5.92 Å². The third-order valence-electron chi connectivity index (χ3n) is 3.08. The molecule has 0 saturated carbocycles. The summed E-state index contributed by atoms with van der Waals surface area (Å²) >= 11 is 0. The summed E-state index contributed by atoms with van der Waals surface area (Å²) < 4.78 is 15.5. The number of carbonyl (C=O) groups is 1. The van der Waals surface area contributed by atoms with Crippen molar-refractivity contribution in [3.63, 3.8) is 0 Å². The maximum atomic E-state index is 11.9. The van der Waals surface area contributed by atoms with Gasteiger partial charge in [-0.15, -0.1) is 0 Å². The molecule has 0 spiro atoms. The normalized spacial score (nSPS) is 18.6. The van der Waals surface area contributed by atoms with E-state index in [0.29, 0.717) is 30.6 Å². The zero-order valence-corrected chi connectivity index (χ0v) is 10.3. The van der Waals surface area contributed by atoms with E-state index in [2.05, 4.69) is 10.5 Å². The molecule has 1 N–H and O–H groups in total. The summed E-state index contributed by atoms with van der Waals surface area (Å²) in [7, 11) is 0. The van der Waals surface area contributed by atoms with E-state index in [1.54, 1.807) is 18.2 Å². The Morgan fingerprint density at radius 1 is 1.47 bits per heavy atom. The van der Waals surface area contributed by atoms with Gasteiger partial charge < -0.3 is 19.0 Å². The molecular formula is C13H14N2O4. The van der Waals surface area contributed by atoms with Crippen LogP contribution in [0.1, 0.15) is 16.9 Å². The smallest absolute Gasteiger partial charge is 0.273 e. The average molecular weight is 262 g/mol. The van der Waals surface area contributed by atoms with Crippen LogP contribution in [0.15, 0.2) is 33.4 Å². The number of carbonyl (C=O) groups excluding carboxylic acids is 1. The van der Waals surface area contributed by atoms with E-state index in [-0.39, 0.29) is 11.6 Å². The Balaban J connectivity index is 1.60. The van der Waals surface area contributed by atoms with Crippen LogP contribution in [-0.4, -0.2) is 30.8 Å². The number of hydrogen-bond acceptors (Lipinski definition) is 5. The summed E-state index contributed by atoms with van der Waals surface area (Å²) in [6.45, 7) is 2.08. The fourth-order valence-corrected chi connectivity index (χ4v) is 1.99. The lowest BCUT2D eigenvalue weighted by molar-refractivity contribution is 0.0936. The number of ether oxygens (including phenoxy) is 1. The number of rotatable bonds is 4. The van der Waals surface area contributed by atoms with Crippen LogP contribution in [0.2, 0.25) is 0 Å². The SMILES string of the molecule is O=C(NCC1CCOC1)c1cc(-c2ccco2)on1. The Morgan fingerprint density at radius 3 is 3.16 bits per heavy atom. The third-order valence-corrected chi connectivity index (χ3v) is 3.08. The molecule has 19 heavy (non-hydrogen) atoms. The first kappa shape index (κ1) is 12.0. The summed E-state index contributed by atoms with van der Waals surface area (Å²) in [6, 6.07) is 5.06. The van der Waals surface area contributed by atoms with Crippen LogP contribution < -0.4 is 5.32 Å². The first-order valence-corrected chi connectivity index (χ1v) is 6.19. The maximum absolute atomic E-state index is 11.9. The number of aromatic nitrogens is 1. The van der Waals surface area contributed by atoms with Gasteiger partial charge in [-0.05, 0) is 18.6 Å². The number of amides is 1. The van der Waals surface area contributed by atoms with Crippen molar-refractivity contribution in [1.29, 1.82) is 0 Å². The Hall–Kier alpha value is -2.08. The molecule has 1 amide bonds. The van der Waals surface area contributed by atoms with Crippen molar-refractivity contribution in [2.75, 3.05) is 19.8 Å². The van der Waals surface area contributed by atoms with Gasteiger partial charge in [-0.25, -0.2) is 0 Å². The Labute approximate surface area is 109 Å². The van der Waals surface area contributed by atoms with Gasteiger partial charge in [0.2, 0.25) is 5.76 Å². The number of nitrogens with zero attached hydrogens (tertiary/aromatic N) is 1. The Morgan fingerprint density at radius 2 is 2.42 bits per heavy atom. The summed E-state index contributed by atoms with van der Waals surface area (Å²) in [4.78, 5) is 11.9. The van der Waals surface area contributed by atoms with Gasteiger partial charge in [0, 0.05) is 25.1 Å². The molecule has 2 aromatic heterocycles. The number of nitrogens with one attached hydrogen (secondary N) is 1. The Kier molecular flexibility index (Phi) is 3.33. The van der Waals surface area contributed by atoms with Crippen LogP contribution >= 0.6 is 0 Å². The van der Waals surface area contributed by atoms with Gasteiger partial charge in [0.05, 0.1) is 12.9 Å². The van der Waals surface area contributed by atoms with E-state index in [1.165, 1.54) is 6.26 Å². The van der Waals surface area contributed by atoms with Crippen molar-refractivity contribution < 1.29 is 18.5 Å². The molecule has 0 aliphatic carbocycles. The molecule has 3 heterocycles. The number of hydrogen-bond donors (Lipinski definition) is 1. The van der Waals surface area contributed by atoms with E-state index < -0.39 is 0 Å². The van der Waals surface area contributed by atoms with Crippen LogP contribution in [0.5, 0.6) is 0 Å². The van der Waals surface area contributed by atoms with Gasteiger partial charge in [-0.2, -0.15) is 0 Å². The molecule has 3 rings (SSSR count). The lowest BCUT2D eigenvalue weighted by Crippen LogP contribution is -2.29. The second kappa shape index (κ2) is 5.27. The van der Waals surface area contributed by atoms with Crippen molar-refractivity contribution in [1.82, 2.24) is 10.5 Å². The molecular weight excluding hydrogens is 248 g/mol. The molecule has 2 aromatic rings. The summed E-state index contributed by atoms with van der Waals surface area (Å²) in [6.07, 6.45) is 2.52. The van der Waals surface area contributed by atoms with Crippen LogP contribution in [0.4, 0.5) is 0 Å². The minimum absolute atomic E-state index is 0.242. The summed E-state index contributed by atoms with van der Waals surface area (Å²) in [5.41, 5.74) is 0.255. The molecule has 1 aliphatic rings. The van der Waals surface area contributed by atoms with Gasteiger partial charge >= 0.3 is 0 Å². The lowest BCUT2D eigenvalue weighted by Gasteiger charge is -2.07. The topological polar surface area (TPSA) is 77.5 Å². The molecule has 0 aromatic carbocycles. The van der Waals surface area contributed by atoms with Crippen LogP contribution in [0.25, 0.3) is 11.5 Å². The maximum Gasteiger partial charge on any atom is 0.273 e. The van der Waals surface area contributed by atoms with E-state index in [0.717, 1.165) is 13.0 Å². The van der Waals surface area contributed by atoms with E-state index in [4.69, 9.17) is 13.7 Å². The largest absolute Gasteiger partial charge is 0.461 e. The van der Waals surface area contributed by atoms with Crippen LogP contribution in [-0.2, 0) is 4.74 Å². The molecule has 1 aliphatic heterocycles. The second-order valence-corrected chi connectivity index (χ2v) is 4.49. The van der Waals surface area contributed by atoms with Crippen molar-refractivity contribution in [3.8, 4) is 11.5 Å². The van der Waals surface area contributed by atoms with Gasteiger partial charge in [-0.1, -0.05) is 5.16 Å². The highest BCUT2D eigenvalue weighted by Gasteiger charge is 2.19. The Bertz CT molecular complexity index is 541. The summed E-state index contributed by atoms with van der Waals surface area (Å²) in [5.74, 6) is 1.14. The average Bonchev–Trinajstić information content (AvgIpc) is 3.14. The van der Waals surface area contributed by atoms with Gasteiger partial charge in [0.15, 0.2) is 11.5 Å². The quantitative estimate of drug-likeness (QED) is 0.907. The van der Waals surface area contributed by atoms with E-state index >= 15 is 0 Å². The molecule has 1 saturated heterocycles. The van der Waals surface area contributed by atoms with Gasteiger partial charge in [0.1, 0.15) is 0 Å². The first-order chi connectivity index (χ1) is 9.33. The molecule has 6 nitrogen and oxygen atoms in total. The van der Waals surface area contributed by atoms with Gasteiger partial charge in [0.25, 0.3) is 5.91 Å². The lowest BCUT2D eigenvalue weighted by atomic mass is 10.1. The molecule has 0 bridgehead atoms. The van der Waals surface area contributed by atoms with Crippen molar-refractivity contribution in [2.24, 2.45) is 5.92 Å². The van der Waals surface area contributed by atoms with E-state index in [1.807, 2.05) is 0 Å². The molecule has 1 unspecified atom stereocenters. The highest BCUT2D eigenvalue weighted by Crippen LogP contribution is 2.20. The number of furan rings is 1. The molecule has 100 valence electrons. The molecule has 6 heteroatoms. The van der Waals surface area contributed by atoms with Crippen molar-refractivity contribution in [3.05, 3.63) is 30.2 Å². The predicted octanol–water partition coefficient (Wildman–Crippen LogP) is 1.70. The molecule has 1 atom stereocenters. The standard InChI is InChI=1S/C13H14N2O4/c16-13(14-7-9-3-5-17-8-9)10-6-12(19-15-10)11-2-1-4-18-11/h1-2,4,6,9H,3,5,7-8H2,(H,14,16). The zero-order valence-electron chi connectivity index (χ0n) is 10.3. The predicted molar refractivity (Wildman–Crippen MR) is 65.5 cm³/mol. The van der Waals surface area contributed by atoms with Crippen molar-refractivity contribution >= 4 is 5.91 Å². The monoisotopic (exact) mass is 262 g/mol. The third kappa shape index (κ3) is 2.68. The van der Waals surface area contributed by atoms with Crippen LogP contribution in [0.3, 0.4) is 0 Å². The highest BCUT2D eigenvalue weighted by molar-refractivity contribution is 5.92. The minimum Gasteiger partial charge on any atom is -0.461 e. The minimum atomic E-state index is -0.242. The fraction of sp³-hybridized carbons (Fsp3) is 0.385. The molecule has 1 fully saturated rings. The highest BCUT2D eigenvalue weighted by atomic mass is 16.5. The summed E-state index contributed by atoms with van der Waals surface area (Å²) in [5, 5.41) is 6.57.